The second-order valence-electron chi connectivity index (χ2n) is 10.4. The summed E-state index contributed by atoms with van der Waals surface area (Å²) in [6, 6.07) is 7.08. The van der Waals surface area contributed by atoms with Crippen molar-refractivity contribution in [1.82, 2.24) is 98.9 Å². The Hall–Kier alpha value is -7.92. The lowest BCUT2D eigenvalue weighted by molar-refractivity contribution is 0.838. The number of hydrogen-bond acceptors (Lipinski definition) is 20. The van der Waals surface area contributed by atoms with E-state index in [0.717, 1.165) is 26.2 Å². The molecule has 64 heavy (non-hydrogen) atoms. The van der Waals surface area contributed by atoms with Gasteiger partial charge in [-0.25, -0.2) is 59.2 Å². The van der Waals surface area contributed by atoms with Crippen molar-refractivity contribution < 1.29 is 0 Å². The molecule has 0 saturated heterocycles. The molecule has 4 N–H and O–H groups in total. The van der Waals surface area contributed by atoms with Gasteiger partial charge in [-0.15, -0.1) is 10.2 Å². The van der Waals surface area contributed by atoms with Gasteiger partial charge in [0.2, 0.25) is 23.8 Å². The molecule has 0 aliphatic rings. The van der Waals surface area contributed by atoms with E-state index in [2.05, 4.69) is 101 Å². The normalized spacial score (nSPS) is 9.19. The lowest BCUT2D eigenvalue weighted by Gasteiger charge is -2.04. The number of nitrogens with one attached hydrogen (secondary N) is 4. The van der Waals surface area contributed by atoms with Crippen molar-refractivity contribution in [2.75, 3.05) is 47.4 Å². The third kappa shape index (κ3) is 18.8. The van der Waals surface area contributed by atoms with E-state index in [9.17, 15) is 0 Å². The summed E-state index contributed by atoms with van der Waals surface area (Å²) in [7, 11) is 0. The van der Waals surface area contributed by atoms with Gasteiger partial charge in [-0.3, -0.25) is 0 Å². The highest BCUT2D eigenvalue weighted by molar-refractivity contribution is 5.34. The highest BCUT2D eigenvalue weighted by Crippen LogP contribution is 2.09. The van der Waals surface area contributed by atoms with Crippen LogP contribution in [0.2, 0.25) is 0 Å². The van der Waals surface area contributed by atoms with Crippen molar-refractivity contribution >= 4 is 23.8 Å². The first-order chi connectivity index (χ1) is 31.6. The lowest BCUT2D eigenvalue weighted by Crippen LogP contribution is -2.07. The van der Waals surface area contributed by atoms with Crippen LogP contribution in [0.3, 0.4) is 0 Å². The summed E-state index contributed by atoms with van der Waals surface area (Å²) in [6.45, 7) is 27.2. The van der Waals surface area contributed by atoms with E-state index in [1.807, 2.05) is 83.1 Å². The summed E-state index contributed by atoms with van der Waals surface area (Å²) in [5.74, 6) is 5.39. The van der Waals surface area contributed by atoms with Crippen molar-refractivity contribution in [1.29, 1.82) is 0 Å². The fraction of sp³-hybridized carbons (Fsp3) is 0.400. The van der Waals surface area contributed by atoms with Gasteiger partial charge in [0.05, 0.1) is 0 Å². The van der Waals surface area contributed by atoms with E-state index in [-0.39, 0.29) is 0 Å². The topological polar surface area (TPSA) is 274 Å². The van der Waals surface area contributed by atoms with Crippen LogP contribution in [0.4, 0.5) is 23.8 Å². The number of hydrogen-bond donors (Lipinski definition) is 4. The quantitative estimate of drug-likeness (QED) is 0.108. The Labute approximate surface area is 375 Å². The van der Waals surface area contributed by atoms with Crippen LogP contribution in [0.5, 0.6) is 0 Å². The van der Waals surface area contributed by atoms with E-state index in [0.29, 0.717) is 47.1 Å². The Morgan fingerprint density at radius 3 is 0.969 bits per heavy atom. The van der Waals surface area contributed by atoms with Crippen molar-refractivity contribution in [2.45, 2.75) is 83.1 Å². The highest BCUT2D eigenvalue weighted by atomic mass is 15.4. The largest absolute Gasteiger partial charge is 0.354 e. The molecule has 0 radical (unpaired) electrons. The summed E-state index contributed by atoms with van der Waals surface area (Å²) in [6.07, 6.45) is 18.8. The average Bonchev–Trinajstić information content (AvgIpc) is 4.24. The fourth-order valence-corrected chi connectivity index (χ4v) is 4.26. The number of anilines is 4. The van der Waals surface area contributed by atoms with Gasteiger partial charge >= 0.3 is 0 Å². The van der Waals surface area contributed by atoms with Gasteiger partial charge in [0.25, 0.3) is 0 Å². The number of rotatable bonds is 12. The predicted molar refractivity (Wildman–Crippen MR) is 250 cm³/mol. The van der Waals surface area contributed by atoms with Crippen LogP contribution in [0.25, 0.3) is 23.3 Å². The molecule has 0 aliphatic carbocycles. The maximum Gasteiger partial charge on any atom is 0.242 e. The van der Waals surface area contributed by atoms with Crippen LogP contribution in [-0.2, 0) is 0 Å². The first-order valence-electron chi connectivity index (χ1n) is 21.3. The summed E-state index contributed by atoms with van der Waals surface area (Å²) in [5, 5.41) is 28.7. The van der Waals surface area contributed by atoms with Gasteiger partial charge in [0.1, 0.15) is 50.6 Å². The van der Waals surface area contributed by atoms with Gasteiger partial charge in [0.15, 0.2) is 23.3 Å². The van der Waals surface area contributed by atoms with E-state index < -0.39 is 0 Å². The Morgan fingerprint density at radius 1 is 0.375 bits per heavy atom. The maximum absolute atomic E-state index is 4.17. The zero-order valence-corrected chi connectivity index (χ0v) is 39.0. The molecule has 0 aromatic carbocycles. The third-order valence-corrected chi connectivity index (χ3v) is 6.59. The van der Waals surface area contributed by atoms with Crippen molar-refractivity contribution in [3.63, 3.8) is 0 Å². The molecule has 8 aromatic rings. The Morgan fingerprint density at radius 2 is 0.688 bits per heavy atom. The summed E-state index contributed by atoms with van der Waals surface area (Å²) >= 11 is 0. The van der Waals surface area contributed by atoms with E-state index in [4.69, 9.17) is 0 Å². The first-order valence-corrected chi connectivity index (χ1v) is 21.3. The monoisotopic (exact) mass is 881 g/mol. The van der Waals surface area contributed by atoms with Crippen LogP contribution in [-0.4, -0.2) is 125 Å². The molecule has 8 heterocycles. The summed E-state index contributed by atoms with van der Waals surface area (Å²) in [5.41, 5.74) is 0. The molecule has 24 heteroatoms. The average molecular weight is 881 g/mol. The molecule has 24 nitrogen and oxygen atoms in total. The minimum atomic E-state index is 0.603. The number of aromatic nitrogens is 20. The molecule has 0 aliphatic heterocycles. The van der Waals surface area contributed by atoms with E-state index in [1.54, 1.807) is 80.4 Å². The Bertz CT molecular complexity index is 2070. The summed E-state index contributed by atoms with van der Waals surface area (Å²) in [4.78, 5) is 47.8. The fourth-order valence-electron chi connectivity index (χ4n) is 4.26. The molecule has 0 saturated carbocycles. The van der Waals surface area contributed by atoms with Gasteiger partial charge in [-0.2, -0.15) is 29.5 Å². The molecule has 8 aromatic heterocycles. The molecule has 0 unspecified atom stereocenters. The second kappa shape index (κ2) is 34.8. The van der Waals surface area contributed by atoms with Gasteiger partial charge in [-0.1, -0.05) is 55.4 Å². The standard InChI is InChI=1S/4C8H10N6.4C2H6/c2*1-2-10-8-12-6-14(13-8)7-3-4-9-5-11-7;2*1-2-10-8-12-6-13-14(8)7-3-4-9-5-11-7;4*1-2/h2*3-6H,2H2,1H3,(H,10,13);2*3-6H,2H2,1H3,(H,10,12,13);4*1-2H3. The molecular formula is C40H64N24. The van der Waals surface area contributed by atoms with Crippen LogP contribution in [0.1, 0.15) is 83.1 Å². The molecule has 344 valence electrons. The lowest BCUT2D eigenvalue weighted by atomic mass is 10.6. The SMILES string of the molecule is CC.CC.CC.CC.CCNc1ncn(-c2ccncn2)n1.CCNc1ncn(-c2ccncn2)n1.CCNc1ncnn1-c1ccncn1.CCNc1ncnn1-c1ccncn1. The molecule has 8 rings (SSSR count). The van der Waals surface area contributed by atoms with Crippen LogP contribution < -0.4 is 21.3 Å². The van der Waals surface area contributed by atoms with Crippen LogP contribution in [0, 0.1) is 0 Å². The zero-order chi connectivity index (χ0) is 47.2. The smallest absolute Gasteiger partial charge is 0.242 e. The Kier molecular flexibility index (Phi) is 29.4. The van der Waals surface area contributed by atoms with Crippen LogP contribution >= 0.6 is 0 Å². The van der Waals surface area contributed by atoms with E-state index in [1.165, 1.54) is 38.0 Å². The molecule has 0 bridgehead atoms. The maximum atomic E-state index is 4.17. The van der Waals surface area contributed by atoms with Gasteiger partial charge in [0, 0.05) is 75.2 Å². The minimum absolute atomic E-state index is 0.603. The Balaban J connectivity index is 0.000000405. The van der Waals surface area contributed by atoms with Crippen molar-refractivity contribution in [3.05, 3.63) is 99.7 Å². The molecule has 0 spiro atoms. The zero-order valence-electron chi connectivity index (χ0n) is 39.0. The van der Waals surface area contributed by atoms with Crippen molar-refractivity contribution in [2.24, 2.45) is 0 Å². The van der Waals surface area contributed by atoms with Gasteiger partial charge in [-0.05, 0) is 27.7 Å². The molecule has 0 atom stereocenters. The summed E-state index contributed by atoms with van der Waals surface area (Å²) < 4.78 is 6.45. The second-order valence-corrected chi connectivity index (χ2v) is 10.4. The molecule has 0 amide bonds. The minimum Gasteiger partial charge on any atom is -0.354 e. The van der Waals surface area contributed by atoms with Gasteiger partial charge < -0.3 is 21.3 Å². The van der Waals surface area contributed by atoms with E-state index >= 15 is 0 Å². The van der Waals surface area contributed by atoms with Crippen LogP contribution in [0.15, 0.2) is 99.7 Å². The van der Waals surface area contributed by atoms with Crippen molar-refractivity contribution in [3.8, 4) is 23.3 Å². The number of nitrogens with zero attached hydrogens (tertiary/aromatic N) is 20. The third-order valence-electron chi connectivity index (χ3n) is 6.59. The first kappa shape index (κ1) is 54.1. The molecule has 0 fully saturated rings. The predicted octanol–water partition coefficient (Wildman–Crippen LogP) is 6.06. The highest BCUT2D eigenvalue weighted by Gasteiger charge is 2.07. The molecular weight excluding hydrogens is 817 g/mol.